The normalized spacial score (nSPS) is 14.1. The molecule has 31 heavy (non-hydrogen) atoms. The highest BCUT2D eigenvalue weighted by molar-refractivity contribution is 5.94. The van der Waals surface area contributed by atoms with Crippen molar-refractivity contribution in [1.82, 2.24) is 9.97 Å². The smallest absolute Gasteiger partial charge is 0.435 e. The molecule has 164 valence electrons. The summed E-state index contributed by atoms with van der Waals surface area (Å²) in [6.07, 6.45) is 1.10. The van der Waals surface area contributed by atoms with E-state index in [9.17, 15) is 19.7 Å². The molecule has 1 fully saturated rings. The van der Waals surface area contributed by atoms with Gasteiger partial charge in [0.05, 0.1) is 11.5 Å². The highest BCUT2D eigenvalue weighted by atomic mass is 16.7. The summed E-state index contributed by atoms with van der Waals surface area (Å²) in [5, 5.41) is 11.8. The summed E-state index contributed by atoms with van der Waals surface area (Å²) in [6.45, 7) is 4.15. The third kappa shape index (κ3) is 5.44. The number of Topliss-reactive ketones (excluding diaryl/α,β-unsaturated/α-hetero) is 1. The molecule has 0 unspecified atom stereocenters. The SMILES string of the molecule is CCOC(=O)OC1CCN(c2ncnc(Oc3ccc(C(C)=O)cc3)c2[N+](=O)[O-])CC1. The van der Waals surface area contributed by atoms with E-state index < -0.39 is 11.1 Å². The lowest BCUT2D eigenvalue weighted by molar-refractivity contribution is -0.385. The van der Waals surface area contributed by atoms with Gasteiger partial charge >= 0.3 is 17.7 Å². The van der Waals surface area contributed by atoms with E-state index >= 15 is 0 Å². The first-order valence-electron chi connectivity index (χ1n) is 9.75. The zero-order valence-corrected chi connectivity index (χ0v) is 17.1. The Kier molecular flexibility index (Phi) is 6.96. The summed E-state index contributed by atoms with van der Waals surface area (Å²) < 4.78 is 15.6. The van der Waals surface area contributed by atoms with Gasteiger partial charge in [-0.3, -0.25) is 14.9 Å². The number of piperidine rings is 1. The van der Waals surface area contributed by atoms with Crippen LogP contribution >= 0.6 is 0 Å². The minimum Gasteiger partial charge on any atom is -0.435 e. The summed E-state index contributed by atoms with van der Waals surface area (Å²) >= 11 is 0. The number of ketones is 1. The van der Waals surface area contributed by atoms with E-state index in [0.717, 1.165) is 0 Å². The summed E-state index contributed by atoms with van der Waals surface area (Å²) in [5.41, 5.74) is 0.140. The van der Waals surface area contributed by atoms with Gasteiger partial charge in [0.15, 0.2) is 5.78 Å². The number of anilines is 1. The van der Waals surface area contributed by atoms with E-state index in [0.29, 0.717) is 37.2 Å². The van der Waals surface area contributed by atoms with E-state index in [4.69, 9.17) is 14.2 Å². The number of nitro groups is 1. The van der Waals surface area contributed by atoms with Crippen molar-refractivity contribution in [3.05, 3.63) is 46.3 Å². The topological polar surface area (TPSA) is 134 Å². The second-order valence-corrected chi connectivity index (χ2v) is 6.78. The second kappa shape index (κ2) is 9.83. The zero-order chi connectivity index (χ0) is 22.4. The number of carbonyl (C=O) groups is 2. The van der Waals surface area contributed by atoms with Crippen LogP contribution in [0, 0.1) is 10.1 Å². The van der Waals surface area contributed by atoms with Crippen molar-refractivity contribution in [2.75, 3.05) is 24.6 Å². The highest BCUT2D eigenvalue weighted by Crippen LogP contribution is 2.37. The fourth-order valence-corrected chi connectivity index (χ4v) is 3.16. The predicted molar refractivity (Wildman–Crippen MR) is 109 cm³/mol. The number of hydrogen-bond donors (Lipinski definition) is 0. The standard InChI is InChI=1S/C20H22N4O7/c1-3-29-20(26)31-16-8-10-23(11-9-16)18-17(24(27)28)19(22-12-21-18)30-15-6-4-14(5-7-15)13(2)25/h4-7,12,16H,3,8-11H2,1-2H3. The molecule has 0 bridgehead atoms. The first-order valence-corrected chi connectivity index (χ1v) is 9.75. The third-order valence-corrected chi connectivity index (χ3v) is 4.69. The molecule has 0 saturated carbocycles. The van der Waals surface area contributed by atoms with Gasteiger partial charge < -0.3 is 19.1 Å². The monoisotopic (exact) mass is 430 g/mol. The fourth-order valence-electron chi connectivity index (χ4n) is 3.16. The number of carbonyl (C=O) groups excluding carboxylic acids is 2. The van der Waals surface area contributed by atoms with Crippen molar-refractivity contribution in [1.29, 1.82) is 0 Å². The number of nitrogens with zero attached hydrogens (tertiary/aromatic N) is 4. The van der Waals surface area contributed by atoms with Gasteiger partial charge in [-0.25, -0.2) is 9.78 Å². The van der Waals surface area contributed by atoms with E-state index in [-0.39, 0.29) is 35.9 Å². The number of benzene rings is 1. The van der Waals surface area contributed by atoms with Crippen molar-refractivity contribution in [2.45, 2.75) is 32.8 Å². The van der Waals surface area contributed by atoms with Crippen LogP contribution in [0.3, 0.4) is 0 Å². The molecule has 11 heteroatoms. The van der Waals surface area contributed by atoms with Gasteiger partial charge in [0, 0.05) is 31.5 Å². The van der Waals surface area contributed by atoms with E-state index in [1.54, 1.807) is 36.1 Å². The van der Waals surface area contributed by atoms with Crippen LogP contribution in [-0.4, -0.2) is 52.6 Å². The summed E-state index contributed by atoms with van der Waals surface area (Å²) in [7, 11) is 0. The molecule has 0 radical (unpaired) electrons. The molecule has 0 N–H and O–H groups in total. The average Bonchev–Trinajstić information content (AvgIpc) is 2.74. The van der Waals surface area contributed by atoms with E-state index in [1.807, 2.05) is 0 Å². The number of aromatic nitrogens is 2. The van der Waals surface area contributed by atoms with Gasteiger partial charge in [0.25, 0.3) is 0 Å². The predicted octanol–water partition coefficient (Wildman–Crippen LogP) is 3.52. The molecule has 3 rings (SSSR count). The fraction of sp³-hybridized carbons (Fsp3) is 0.400. The molecule has 0 amide bonds. The van der Waals surface area contributed by atoms with Crippen LogP contribution in [0.2, 0.25) is 0 Å². The molecule has 0 atom stereocenters. The highest BCUT2D eigenvalue weighted by Gasteiger charge is 2.32. The van der Waals surface area contributed by atoms with Crippen LogP contribution in [-0.2, 0) is 9.47 Å². The van der Waals surface area contributed by atoms with Crippen LogP contribution in [0.15, 0.2) is 30.6 Å². The molecule has 1 aliphatic rings. The van der Waals surface area contributed by atoms with Gasteiger partial charge in [-0.05, 0) is 38.1 Å². The van der Waals surface area contributed by atoms with Crippen LogP contribution in [0.4, 0.5) is 16.3 Å². The lowest BCUT2D eigenvalue weighted by Crippen LogP contribution is -2.38. The molecule has 1 aromatic carbocycles. The van der Waals surface area contributed by atoms with Gasteiger partial charge in [-0.2, -0.15) is 4.98 Å². The number of rotatable bonds is 7. The molecule has 2 aromatic rings. The Balaban J connectivity index is 1.76. The molecule has 0 spiro atoms. The van der Waals surface area contributed by atoms with Gasteiger partial charge in [0.1, 0.15) is 18.2 Å². The minimum atomic E-state index is -0.722. The van der Waals surface area contributed by atoms with Crippen LogP contribution in [0.25, 0.3) is 0 Å². The van der Waals surface area contributed by atoms with Gasteiger partial charge in [-0.1, -0.05) is 0 Å². The van der Waals surface area contributed by atoms with Gasteiger partial charge in [-0.15, -0.1) is 0 Å². The molecule has 1 aliphatic heterocycles. The summed E-state index contributed by atoms with van der Waals surface area (Å²) in [4.78, 5) is 43.8. The molecule has 1 aromatic heterocycles. The third-order valence-electron chi connectivity index (χ3n) is 4.69. The van der Waals surface area contributed by atoms with Gasteiger partial charge in [0.2, 0.25) is 5.82 Å². The maximum absolute atomic E-state index is 11.8. The van der Waals surface area contributed by atoms with Crippen LogP contribution < -0.4 is 9.64 Å². The van der Waals surface area contributed by atoms with E-state index in [2.05, 4.69) is 9.97 Å². The van der Waals surface area contributed by atoms with Crippen molar-refractivity contribution >= 4 is 23.4 Å². The summed E-state index contributed by atoms with van der Waals surface area (Å²) in [5.74, 6) is 0.136. The Labute approximate surface area is 178 Å². The Morgan fingerprint density at radius 3 is 2.45 bits per heavy atom. The van der Waals surface area contributed by atoms with Crippen molar-refractivity contribution in [3.63, 3.8) is 0 Å². The Morgan fingerprint density at radius 1 is 1.19 bits per heavy atom. The Morgan fingerprint density at radius 2 is 1.87 bits per heavy atom. The van der Waals surface area contributed by atoms with Crippen LogP contribution in [0.1, 0.15) is 37.0 Å². The van der Waals surface area contributed by atoms with Crippen molar-refractivity contribution in [3.8, 4) is 11.6 Å². The molecule has 1 saturated heterocycles. The largest absolute Gasteiger partial charge is 0.508 e. The Bertz CT molecular complexity index is 957. The maximum Gasteiger partial charge on any atom is 0.508 e. The quantitative estimate of drug-likeness (QED) is 0.278. The molecular weight excluding hydrogens is 408 g/mol. The number of hydrogen-bond acceptors (Lipinski definition) is 10. The molecule has 11 nitrogen and oxygen atoms in total. The van der Waals surface area contributed by atoms with Crippen LogP contribution in [0.5, 0.6) is 11.6 Å². The van der Waals surface area contributed by atoms with E-state index in [1.165, 1.54) is 13.3 Å². The Hall–Kier alpha value is -3.76. The maximum atomic E-state index is 11.8. The molecular formula is C20H22N4O7. The summed E-state index contributed by atoms with van der Waals surface area (Å²) in [6, 6.07) is 6.22. The zero-order valence-electron chi connectivity index (χ0n) is 17.1. The lowest BCUT2D eigenvalue weighted by atomic mass is 10.1. The minimum absolute atomic E-state index is 0.0998. The first-order chi connectivity index (χ1) is 14.9. The van der Waals surface area contributed by atoms with Crippen molar-refractivity contribution in [2.24, 2.45) is 0 Å². The lowest BCUT2D eigenvalue weighted by Gasteiger charge is -2.31. The molecule has 0 aliphatic carbocycles. The van der Waals surface area contributed by atoms with Crippen molar-refractivity contribution < 1.29 is 28.7 Å². The number of ether oxygens (including phenoxy) is 3. The second-order valence-electron chi connectivity index (χ2n) is 6.78. The average molecular weight is 430 g/mol. The first kappa shape index (κ1) is 21.9. The molecule has 2 heterocycles.